The maximum Gasteiger partial charge on any atom is 0.321 e. The van der Waals surface area contributed by atoms with Crippen LogP contribution in [0, 0.1) is 0 Å². The van der Waals surface area contributed by atoms with Gasteiger partial charge in [-0.15, -0.1) is 0 Å². The summed E-state index contributed by atoms with van der Waals surface area (Å²) in [5.41, 5.74) is -0.802. The van der Waals surface area contributed by atoms with Crippen molar-refractivity contribution in [1.82, 2.24) is 4.98 Å². The number of aromatic nitrogens is 1. The SMILES string of the molecule is CCC(O)C(C(=O)O)(c1cccnc1)c1ccccc1OC. The van der Waals surface area contributed by atoms with Gasteiger partial charge in [-0.1, -0.05) is 31.2 Å². The molecule has 5 heteroatoms. The number of carboxylic acid groups (broad SMARTS) is 1. The first-order chi connectivity index (χ1) is 10.6. The Kier molecular flexibility index (Phi) is 4.78. The summed E-state index contributed by atoms with van der Waals surface area (Å²) in [6.07, 6.45) is 2.19. The molecule has 1 aromatic heterocycles. The predicted octanol–water partition coefficient (Wildman–Crippen LogP) is 2.23. The number of rotatable bonds is 6. The maximum absolute atomic E-state index is 12.2. The highest BCUT2D eigenvalue weighted by Gasteiger charge is 2.49. The molecular formula is C17H19NO4. The number of aliphatic hydroxyl groups is 1. The van der Waals surface area contributed by atoms with Crippen molar-refractivity contribution in [3.63, 3.8) is 0 Å². The molecule has 2 N–H and O–H groups in total. The first-order valence-corrected chi connectivity index (χ1v) is 7.04. The Hall–Kier alpha value is -2.40. The number of hydrogen-bond donors (Lipinski definition) is 2. The Morgan fingerprint density at radius 1 is 1.32 bits per heavy atom. The van der Waals surface area contributed by atoms with Crippen LogP contribution >= 0.6 is 0 Å². The summed E-state index contributed by atoms with van der Waals surface area (Å²) in [5, 5.41) is 20.6. The predicted molar refractivity (Wildman–Crippen MR) is 81.9 cm³/mol. The van der Waals surface area contributed by atoms with Crippen molar-refractivity contribution in [2.24, 2.45) is 0 Å². The number of ether oxygens (including phenoxy) is 1. The van der Waals surface area contributed by atoms with Gasteiger partial charge in [0.05, 0.1) is 13.2 Å². The molecule has 0 bridgehead atoms. The molecule has 116 valence electrons. The third kappa shape index (κ3) is 2.44. The van der Waals surface area contributed by atoms with E-state index in [0.29, 0.717) is 16.9 Å². The van der Waals surface area contributed by atoms with Gasteiger partial charge in [-0.25, -0.2) is 0 Å². The lowest BCUT2D eigenvalue weighted by molar-refractivity contribution is -0.146. The van der Waals surface area contributed by atoms with Gasteiger partial charge in [-0.2, -0.15) is 0 Å². The van der Waals surface area contributed by atoms with Gasteiger partial charge in [0, 0.05) is 18.0 Å². The van der Waals surface area contributed by atoms with E-state index in [1.54, 1.807) is 49.5 Å². The number of methoxy groups -OCH3 is 1. The van der Waals surface area contributed by atoms with E-state index in [1.165, 1.54) is 13.3 Å². The van der Waals surface area contributed by atoms with E-state index in [-0.39, 0.29) is 6.42 Å². The van der Waals surface area contributed by atoms with Gasteiger partial charge in [-0.05, 0) is 24.1 Å². The van der Waals surface area contributed by atoms with E-state index in [1.807, 2.05) is 0 Å². The molecule has 22 heavy (non-hydrogen) atoms. The molecule has 1 aromatic carbocycles. The van der Waals surface area contributed by atoms with E-state index in [9.17, 15) is 15.0 Å². The molecule has 1 heterocycles. The van der Waals surface area contributed by atoms with Crippen molar-refractivity contribution in [3.05, 3.63) is 59.9 Å². The summed E-state index contributed by atoms with van der Waals surface area (Å²) >= 11 is 0. The van der Waals surface area contributed by atoms with Crippen LogP contribution in [0.4, 0.5) is 0 Å². The molecule has 0 aliphatic heterocycles. The number of hydrogen-bond acceptors (Lipinski definition) is 4. The summed E-state index contributed by atoms with van der Waals surface area (Å²) in [7, 11) is 1.48. The Balaban J connectivity index is 2.82. The molecule has 2 unspecified atom stereocenters. The van der Waals surface area contributed by atoms with Crippen LogP contribution in [0.2, 0.25) is 0 Å². The fourth-order valence-electron chi connectivity index (χ4n) is 2.78. The summed E-state index contributed by atoms with van der Waals surface area (Å²) < 4.78 is 5.32. The standard InChI is InChI=1S/C17H19NO4/c1-3-15(19)17(16(20)21,12-7-6-10-18-11-12)13-8-4-5-9-14(13)22-2/h4-11,15,19H,3H2,1-2H3,(H,20,21). The van der Waals surface area contributed by atoms with Gasteiger partial charge < -0.3 is 14.9 Å². The van der Waals surface area contributed by atoms with E-state index >= 15 is 0 Å². The van der Waals surface area contributed by atoms with Crippen LogP contribution in [0.5, 0.6) is 5.75 Å². The van der Waals surface area contributed by atoms with Crippen LogP contribution in [-0.2, 0) is 10.2 Å². The molecular weight excluding hydrogens is 282 g/mol. The van der Waals surface area contributed by atoms with Gasteiger partial charge in [0.25, 0.3) is 0 Å². The van der Waals surface area contributed by atoms with E-state index < -0.39 is 17.5 Å². The number of benzene rings is 1. The van der Waals surface area contributed by atoms with Crippen molar-refractivity contribution in [2.75, 3.05) is 7.11 Å². The summed E-state index contributed by atoms with van der Waals surface area (Å²) in [5.74, 6) is -0.722. The molecule has 5 nitrogen and oxygen atoms in total. The Labute approximate surface area is 129 Å². The number of nitrogens with zero attached hydrogens (tertiary/aromatic N) is 1. The van der Waals surface area contributed by atoms with Gasteiger partial charge in [0.1, 0.15) is 11.2 Å². The minimum Gasteiger partial charge on any atom is -0.496 e. The lowest BCUT2D eigenvalue weighted by Crippen LogP contribution is -2.47. The van der Waals surface area contributed by atoms with Crippen LogP contribution in [0.1, 0.15) is 24.5 Å². The van der Waals surface area contributed by atoms with Gasteiger partial charge in [0.2, 0.25) is 0 Å². The van der Waals surface area contributed by atoms with Gasteiger partial charge in [0.15, 0.2) is 0 Å². The Morgan fingerprint density at radius 2 is 2.05 bits per heavy atom. The lowest BCUT2D eigenvalue weighted by atomic mass is 9.69. The monoisotopic (exact) mass is 301 g/mol. The largest absolute Gasteiger partial charge is 0.496 e. The lowest BCUT2D eigenvalue weighted by Gasteiger charge is -2.35. The second-order valence-electron chi connectivity index (χ2n) is 4.98. The smallest absolute Gasteiger partial charge is 0.321 e. The fraction of sp³-hybridized carbons (Fsp3) is 0.294. The number of carboxylic acids is 1. The second kappa shape index (κ2) is 6.58. The Bertz CT molecular complexity index is 644. The molecule has 0 saturated heterocycles. The topological polar surface area (TPSA) is 79.7 Å². The van der Waals surface area contributed by atoms with Crippen LogP contribution in [-0.4, -0.2) is 34.4 Å². The molecule has 0 spiro atoms. The molecule has 2 atom stereocenters. The van der Waals surface area contributed by atoms with Gasteiger partial charge >= 0.3 is 5.97 Å². The van der Waals surface area contributed by atoms with Crippen LogP contribution in [0.3, 0.4) is 0 Å². The zero-order chi connectivity index (χ0) is 16.2. The van der Waals surface area contributed by atoms with Crippen molar-refractivity contribution in [3.8, 4) is 5.75 Å². The molecule has 0 saturated carbocycles. The second-order valence-corrected chi connectivity index (χ2v) is 4.98. The van der Waals surface area contributed by atoms with E-state index in [0.717, 1.165) is 0 Å². The summed E-state index contributed by atoms with van der Waals surface area (Å²) in [6.45, 7) is 1.74. The first kappa shape index (κ1) is 16.0. The normalized spacial score (nSPS) is 14.9. The third-order valence-corrected chi connectivity index (χ3v) is 3.87. The number of para-hydroxylation sites is 1. The van der Waals surface area contributed by atoms with E-state index in [2.05, 4.69) is 4.98 Å². The highest BCUT2D eigenvalue weighted by molar-refractivity contribution is 5.88. The minimum absolute atomic E-state index is 0.277. The molecule has 2 rings (SSSR count). The highest BCUT2D eigenvalue weighted by Crippen LogP contribution is 2.41. The van der Waals surface area contributed by atoms with Gasteiger partial charge in [-0.3, -0.25) is 9.78 Å². The molecule has 0 amide bonds. The van der Waals surface area contributed by atoms with Crippen LogP contribution in [0.15, 0.2) is 48.8 Å². The Morgan fingerprint density at radius 3 is 2.59 bits per heavy atom. The number of carbonyl (C=O) groups is 1. The van der Waals surface area contributed by atoms with Crippen molar-refractivity contribution < 1.29 is 19.7 Å². The molecule has 0 fully saturated rings. The molecule has 2 aromatic rings. The first-order valence-electron chi connectivity index (χ1n) is 7.04. The maximum atomic E-state index is 12.2. The fourth-order valence-corrected chi connectivity index (χ4v) is 2.78. The molecule has 0 radical (unpaired) electrons. The van der Waals surface area contributed by atoms with Crippen LogP contribution in [0.25, 0.3) is 0 Å². The minimum atomic E-state index is -1.63. The summed E-state index contributed by atoms with van der Waals surface area (Å²) in [6, 6.07) is 10.2. The summed E-state index contributed by atoms with van der Waals surface area (Å²) in [4.78, 5) is 16.3. The zero-order valence-electron chi connectivity index (χ0n) is 12.6. The molecule has 0 aliphatic carbocycles. The third-order valence-electron chi connectivity index (χ3n) is 3.87. The number of aliphatic carboxylic acids is 1. The van der Waals surface area contributed by atoms with Crippen LogP contribution < -0.4 is 4.74 Å². The highest BCUT2D eigenvalue weighted by atomic mass is 16.5. The van der Waals surface area contributed by atoms with Crippen molar-refractivity contribution >= 4 is 5.97 Å². The quantitative estimate of drug-likeness (QED) is 0.855. The molecule has 0 aliphatic rings. The van der Waals surface area contributed by atoms with E-state index in [4.69, 9.17) is 4.74 Å². The van der Waals surface area contributed by atoms with Crippen molar-refractivity contribution in [2.45, 2.75) is 24.9 Å². The van der Waals surface area contributed by atoms with Crippen molar-refractivity contribution in [1.29, 1.82) is 0 Å². The average molecular weight is 301 g/mol. The zero-order valence-corrected chi connectivity index (χ0v) is 12.6. The average Bonchev–Trinajstić information content (AvgIpc) is 2.56. The number of pyridine rings is 1. The number of aliphatic hydroxyl groups excluding tert-OH is 1.